The average molecular weight is 219 g/mol. The van der Waals surface area contributed by atoms with Crippen LogP contribution in [0, 0.1) is 0 Å². The topological polar surface area (TPSA) is 28.2 Å². The molecule has 1 aliphatic rings. The largest absolute Gasteiger partial charge is 0.372 e. The van der Waals surface area contributed by atoms with Crippen LogP contribution in [0.25, 0.3) is 0 Å². The average Bonchev–Trinajstić information content (AvgIpc) is 2.82. The molecule has 1 N–H and O–H groups in total. The number of rotatable bonds is 4. The fourth-order valence-electron chi connectivity index (χ4n) is 2.47. The van der Waals surface area contributed by atoms with Gasteiger partial charge in [0.15, 0.2) is 0 Å². The minimum absolute atomic E-state index is 0.727. The van der Waals surface area contributed by atoms with Crippen LogP contribution in [0.4, 0.5) is 5.69 Å². The second kappa shape index (κ2) is 5.30. The first-order chi connectivity index (χ1) is 7.81. The third kappa shape index (κ3) is 2.53. The van der Waals surface area contributed by atoms with Gasteiger partial charge in [0.05, 0.1) is 5.69 Å². The summed E-state index contributed by atoms with van der Waals surface area (Å²) >= 11 is 0. The van der Waals surface area contributed by atoms with Crippen molar-refractivity contribution >= 4 is 5.69 Å². The normalized spacial score (nSPS) is 16.6. The van der Waals surface area contributed by atoms with Crippen molar-refractivity contribution in [2.24, 2.45) is 0 Å². The first-order valence-electron chi connectivity index (χ1n) is 6.13. The Bertz CT molecular complexity index is 332. The molecule has 16 heavy (non-hydrogen) atoms. The van der Waals surface area contributed by atoms with E-state index in [4.69, 9.17) is 0 Å². The van der Waals surface area contributed by atoms with E-state index in [1.165, 1.54) is 31.4 Å². The fourth-order valence-corrected chi connectivity index (χ4v) is 2.47. The molecule has 0 amide bonds. The van der Waals surface area contributed by atoms with E-state index in [2.05, 4.69) is 34.4 Å². The van der Waals surface area contributed by atoms with Gasteiger partial charge in [-0.3, -0.25) is 4.98 Å². The molecule has 0 bridgehead atoms. The highest BCUT2D eigenvalue weighted by Gasteiger charge is 2.19. The molecule has 0 spiro atoms. The molecule has 1 heterocycles. The molecule has 1 aliphatic carbocycles. The van der Waals surface area contributed by atoms with Crippen molar-refractivity contribution in [3.05, 3.63) is 24.0 Å². The first-order valence-corrected chi connectivity index (χ1v) is 6.13. The maximum Gasteiger partial charge on any atom is 0.0562 e. The van der Waals surface area contributed by atoms with Gasteiger partial charge in [-0.25, -0.2) is 0 Å². The molecule has 0 aliphatic heterocycles. The Labute approximate surface area is 97.9 Å². The third-order valence-corrected chi connectivity index (χ3v) is 3.44. The maximum absolute atomic E-state index is 4.35. The molecule has 3 nitrogen and oxygen atoms in total. The predicted octanol–water partition coefficient (Wildman–Crippen LogP) is 2.18. The van der Waals surface area contributed by atoms with Gasteiger partial charge < -0.3 is 10.2 Å². The molecular weight excluding hydrogens is 198 g/mol. The lowest BCUT2D eigenvalue weighted by Crippen LogP contribution is -2.28. The number of anilines is 1. The molecule has 1 saturated carbocycles. The Balaban J connectivity index is 2.09. The second-order valence-electron chi connectivity index (χ2n) is 4.58. The minimum atomic E-state index is 0.727. The van der Waals surface area contributed by atoms with Gasteiger partial charge in [-0.05, 0) is 32.0 Å². The lowest BCUT2D eigenvalue weighted by atomic mass is 10.2. The van der Waals surface area contributed by atoms with Crippen molar-refractivity contribution in [1.82, 2.24) is 10.3 Å². The zero-order chi connectivity index (χ0) is 11.4. The van der Waals surface area contributed by atoms with Gasteiger partial charge in [0, 0.05) is 31.5 Å². The molecule has 0 radical (unpaired) electrons. The summed E-state index contributed by atoms with van der Waals surface area (Å²) in [7, 11) is 4.16. The van der Waals surface area contributed by atoms with Crippen molar-refractivity contribution < 1.29 is 0 Å². The van der Waals surface area contributed by atoms with Gasteiger partial charge in [-0.1, -0.05) is 12.8 Å². The highest BCUT2D eigenvalue weighted by molar-refractivity contribution is 5.46. The van der Waals surface area contributed by atoms with Crippen LogP contribution in [0.3, 0.4) is 0 Å². The van der Waals surface area contributed by atoms with Crippen LogP contribution in [0.15, 0.2) is 18.3 Å². The van der Waals surface area contributed by atoms with Gasteiger partial charge in [-0.15, -0.1) is 0 Å². The summed E-state index contributed by atoms with van der Waals surface area (Å²) in [6.07, 6.45) is 7.33. The van der Waals surface area contributed by atoms with Gasteiger partial charge in [0.2, 0.25) is 0 Å². The summed E-state index contributed by atoms with van der Waals surface area (Å²) in [4.78, 5) is 6.76. The minimum Gasteiger partial charge on any atom is -0.372 e. The Morgan fingerprint density at radius 3 is 2.88 bits per heavy atom. The first kappa shape index (κ1) is 11.4. The van der Waals surface area contributed by atoms with E-state index in [0.29, 0.717) is 0 Å². The van der Waals surface area contributed by atoms with Crippen molar-refractivity contribution in [1.29, 1.82) is 0 Å². The molecule has 88 valence electrons. The van der Waals surface area contributed by atoms with Gasteiger partial charge in [0.1, 0.15) is 0 Å². The molecule has 0 unspecified atom stereocenters. The van der Waals surface area contributed by atoms with E-state index in [-0.39, 0.29) is 0 Å². The SMILES string of the molecule is CNCc1cc(N(C)C2CCCC2)ccn1. The van der Waals surface area contributed by atoms with E-state index >= 15 is 0 Å². The zero-order valence-electron chi connectivity index (χ0n) is 10.2. The van der Waals surface area contributed by atoms with Gasteiger partial charge >= 0.3 is 0 Å². The predicted molar refractivity (Wildman–Crippen MR) is 67.7 cm³/mol. The standard InChI is InChI=1S/C13H21N3/c1-14-10-11-9-13(7-8-15-11)16(2)12-5-3-4-6-12/h7-9,12,14H,3-6,10H2,1-2H3. The summed E-state index contributed by atoms with van der Waals surface area (Å²) in [6, 6.07) is 5.02. The molecular formula is C13H21N3. The van der Waals surface area contributed by atoms with Crippen LogP contribution >= 0.6 is 0 Å². The summed E-state index contributed by atoms with van der Waals surface area (Å²) in [5.74, 6) is 0. The smallest absolute Gasteiger partial charge is 0.0562 e. The van der Waals surface area contributed by atoms with E-state index in [1.807, 2.05) is 13.2 Å². The number of pyridine rings is 1. The summed E-state index contributed by atoms with van der Waals surface area (Å²) in [6.45, 7) is 0.840. The Kier molecular flexibility index (Phi) is 3.78. The van der Waals surface area contributed by atoms with Crippen LogP contribution in [-0.2, 0) is 6.54 Å². The second-order valence-corrected chi connectivity index (χ2v) is 4.58. The Morgan fingerprint density at radius 1 is 1.44 bits per heavy atom. The van der Waals surface area contributed by atoms with Crippen molar-refractivity contribution in [3.63, 3.8) is 0 Å². The van der Waals surface area contributed by atoms with E-state index in [9.17, 15) is 0 Å². The summed E-state index contributed by atoms with van der Waals surface area (Å²) < 4.78 is 0. The molecule has 0 aromatic carbocycles. The van der Waals surface area contributed by atoms with Crippen LogP contribution in [0.5, 0.6) is 0 Å². The zero-order valence-corrected chi connectivity index (χ0v) is 10.2. The molecule has 2 rings (SSSR count). The molecule has 3 heteroatoms. The van der Waals surface area contributed by atoms with E-state index < -0.39 is 0 Å². The van der Waals surface area contributed by atoms with Crippen molar-refractivity contribution in [2.45, 2.75) is 38.3 Å². The number of hydrogen-bond acceptors (Lipinski definition) is 3. The third-order valence-electron chi connectivity index (χ3n) is 3.44. The van der Waals surface area contributed by atoms with Crippen LogP contribution in [0.2, 0.25) is 0 Å². The molecule has 1 aromatic rings. The highest BCUT2D eigenvalue weighted by atomic mass is 15.1. The molecule has 0 atom stereocenters. The van der Waals surface area contributed by atoms with Crippen LogP contribution in [0.1, 0.15) is 31.4 Å². The summed E-state index contributed by atoms with van der Waals surface area (Å²) in [5.41, 5.74) is 2.41. The van der Waals surface area contributed by atoms with Crippen molar-refractivity contribution in [2.75, 3.05) is 19.0 Å². The highest BCUT2D eigenvalue weighted by Crippen LogP contribution is 2.26. The van der Waals surface area contributed by atoms with Gasteiger partial charge in [0.25, 0.3) is 0 Å². The number of nitrogens with one attached hydrogen (secondary N) is 1. The lowest BCUT2D eigenvalue weighted by Gasteiger charge is -2.26. The fraction of sp³-hybridized carbons (Fsp3) is 0.615. The van der Waals surface area contributed by atoms with Gasteiger partial charge in [-0.2, -0.15) is 0 Å². The van der Waals surface area contributed by atoms with Crippen LogP contribution in [-0.4, -0.2) is 25.1 Å². The summed E-state index contributed by atoms with van der Waals surface area (Å²) in [5, 5.41) is 3.14. The number of hydrogen-bond donors (Lipinski definition) is 1. The maximum atomic E-state index is 4.35. The van der Waals surface area contributed by atoms with Crippen LogP contribution < -0.4 is 10.2 Å². The Morgan fingerprint density at radius 2 is 2.19 bits per heavy atom. The Hall–Kier alpha value is -1.09. The molecule has 0 saturated heterocycles. The molecule has 1 fully saturated rings. The quantitative estimate of drug-likeness (QED) is 0.841. The number of aromatic nitrogens is 1. The monoisotopic (exact) mass is 219 g/mol. The van der Waals surface area contributed by atoms with E-state index in [1.54, 1.807) is 0 Å². The van der Waals surface area contributed by atoms with Crippen molar-refractivity contribution in [3.8, 4) is 0 Å². The van der Waals surface area contributed by atoms with E-state index in [0.717, 1.165) is 18.3 Å². The molecule has 1 aromatic heterocycles. The lowest BCUT2D eigenvalue weighted by molar-refractivity contribution is 0.652. The number of nitrogens with zero attached hydrogens (tertiary/aromatic N) is 2.